The summed E-state index contributed by atoms with van der Waals surface area (Å²) in [6.45, 7) is 0.172. The molecular weight excluding hydrogens is 240 g/mol. The molecule has 1 aromatic carbocycles. The number of ether oxygens (including phenoxy) is 2. The number of terminal acetylenes is 1. The van der Waals surface area contributed by atoms with Gasteiger partial charge in [-0.2, -0.15) is 0 Å². The van der Waals surface area contributed by atoms with Crippen LogP contribution in [0.1, 0.15) is 5.56 Å². The topological polar surface area (TPSA) is 35.5 Å². The lowest BCUT2D eigenvalue weighted by Gasteiger charge is -2.09. The maximum Gasteiger partial charge on any atom is 0.245 e. The summed E-state index contributed by atoms with van der Waals surface area (Å²) in [6, 6.07) is 5.21. The summed E-state index contributed by atoms with van der Waals surface area (Å²) in [6.07, 6.45) is 7.95. The Labute approximate surface area is 105 Å². The second kappa shape index (κ2) is 6.62. The van der Waals surface area contributed by atoms with Crippen molar-refractivity contribution in [1.82, 2.24) is 0 Å². The molecule has 0 atom stereocenters. The molecule has 1 rings (SSSR count). The Hall–Kier alpha value is -1.92. The standard InChI is InChI=1S/C13H11ClO3/c1-3-8-17-11-6-4-10(5-7-13(14)15)9-12(11)16-2/h1,4-7,9H,8H2,2H3/b7-5+. The van der Waals surface area contributed by atoms with Crippen molar-refractivity contribution in [3.63, 3.8) is 0 Å². The number of allylic oxidation sites excluding steroid dienone is 1. The Morgan fingerprint density at radius 2 is 2.29 bits per heavy atom. The lowest BCUT2D eigenvalue weighted by atomic mass is 10.2. The largest absolute Gasteiger partial charge is 0.493 e. The smallest absolute Gasteiger partial charge is 0.245 e. The van der Waals surface area contributed by atoms with E-state index in [1.54, 1.807) is 24.3 Å². The van der Waals surface area contributed by atoms with Crippen molar-refractivity contribution in [2.45, 2.75) is 0 Å². The maximum atomic E-state index is 10.6. The van der Waals surface area contributed by atoms with Crippen LogP contribution in [0.15, 0.2) is 24.3 Å². The number of hydrogen-bond acceptors (Lipinski definition) is 3. The number of carbonyl (C=O) groups is 1. The molecule has 0 unspecified atom stereocenters. The van der Waals surface area contributed by atoms with Crippen molar-refractivity contribution in [1.29, 1.82) is 0 Å². The Balaban J connectivity index is 2.92. The van der Waals surface area contributed by atoms with Gasteiger partial charge >= 0.3 is 0 Å². The molecule has 4 heteroatoms. The minimum absolute atomic E-state index is 0.172. The van der Waals surface area contributed by atoms with Crippen LogP contribution in [0.5, 0.6) is 11.5 Å². The Kier molecular flexibility index (Phi) is 5.12. The molecule has 0 heterocycles. The normalized spacial score (nSPS) is 9.94. The number of halogens is 1. The number of methoxy groups -OCH3 is 1. The van der Waals surface area contributed by atoms with Gasteiger partial charge in [-0.25, -0.2) is 0 Å². The van der Waals surface area contributed by atoms with Crippen LogP contribution in [0, 0.1) is 12.3 Å². The molecular formula is C13H11ClO3. The van der Waals surface area contributed by atoms with E-state index < -0.39 is 5.24 Å². The van der Waals surface area contributed by atoms with Crippen molar-refractivity contribution in [2.75, 3.05) is 13.7 Å². The van der Waals surface area contributed by atoms with Crippen molar-refractivity contribution < 1.29 is 14.3 Å². The van der Waals surface area contributed by atoms with E-state index in [-0.39, 0.29) is 6.61 Å². The molecule has 0 saturated carbocycles. The van der Waals surface area contributed by atoms with Gasteiger partial charge in [0.25, 0.3) is 0 Å². The predicted octanol–water partition coefficient (Wildman–Crippen LogP) is 2.49. The van der Waals surface area contributed by atoms with Gasteiger partial charge in [0.2, 0.25) is 5.24 Å². The molecule has 0 amide bonds. The second-order valence-corrected chi connectivity index (χ2v) is 3.41. The van der Waals surface area contributed by atoms with Crippen molar-refractivity contribution in [2.24, 2.45) is 0 Å². The van der Waals surface area contributed by atoms with E-state index in [1.165, 1.54) is 13.2 Å². The molecule has 0 aliphatic heterocycles. The summed E-state index contributed by atoms with van der Waals surface area (Å²) in [7, 11) is 1.53. The van der Waals surface area contributed by atoms with Gasteiger partial charge in [0, 0.05) is 0 Å². The summed E-state index contributed by atoms with van der Waals surface area (Å²) in [5.74, 6) is 3.47. The van der Waals surface area contributed by atoms with Crippen LogP contribution in [0.4, 0.5) is 0 Å². The van der Waals surface area contributed by atoms with Gasteiger partial charge in [-0.05, 0) is 35.4 Å². The molecule has 0 aromatic heterocycles. The molecule has 0 bridgehead atoms. The third kappa shape index (κ3) is 4.21. The zero-order chi connectivity index (χ0) is 12.7. The quantitative estimate of drug-likeness (QED) is 0.458. The van der Waals surface area contributed by atoms with Crippen LogP contribution in [0.25, 0.3) is 6.08 Å². The first-order valence-corrected chi connectivity index (χ1v) is 5.17. The lowest BCUT2D eigenvalue weighted by Crippen LogP contribution is -1.96. The van der Waals surface area contributed by atoms with E-state index >= 15 is 0 Å². The highest BCUT2D eigenvalue weighted by Gasteiger charge is 2.04. The lowest BCUT2D eigenvalue weighted by molar-refractivity contribution is -0.107. The minimum Gasteiger partial charge on any atom is -0.493 e. The molecule has 0 aliphatic rings. The fourth-order valence-corrected chi connectivity index (χ4v) is 1.25. The Bertz CT molecular complexity index is 472. The summed E-state index contributed by atoms with van der Waals surface area (Å²) >= 11 is 5.20. The van der Waals surface area contributed by atoms with Gasteiger partial charge < -0.3 is 9.47 Å². The molecule has 88 valence electrons. The molecule has 0 N–H and O–H groups in total. The summed E-state index contributed by atoms with van der Waals surface area (Å²) in [4.78, 5) is 10.6. The van der Waals surface area contributed by atoms with E-state index in [4.69, 9.17) is 27.5 Å². The predicted molar refractivity (Wildman–Crippen MR) is 67.2 cm³/mol. The van der Waals surface area contributed by atoms with Crippen LogP contribution in [-0.4, -0.2) is 19.0 Å². The molecule has 0 aliphatic carbocycles. The van der Waals surface area contributed by atoms with Crippen LogP contribution in [0.2, 0.25) is 0 Å². The molecule has 17 heavy (non-hydrogen) atoms. The number of rotatable bonds is 5. The third-order valence-corrected chi connectivity index (χ3v) is 2.03. The first-order valence-electron chi connectivity index (χ1n) is 4.79. The van der Waals surface area contributed by atoms with Gasteiger partial charge in [0.15, 0.2) is 11.5 Å². The van der Waals surface area contributed by atoms with E-state index in [2.05, 4.69) is 5.92 Å². The number of carbonyl (C=O) groups excluding carboxylic acids is 1. The van der Waals surface area contributed by atoms with Crippen LogP contribution < -0.4 is 9.47 Å². The third-order valence-electron chi connectivity index (χ3n) is 1.91. The van der Waals surface area contributed by atoms with E-state index in [0.717, 1.165) is 5.56 Å². The van der Waals surface area contributed by atoms with Gasteiger partial charge in [-0.3, -0.25) is 4.79 Å². The number of hydrogen-bond donors (Lipinski definition) is 0. The zero-order valence-electron chi connectivity index (χ0n) is 9.27. The first-order chi connectivity index (χ1) is 8.17. The van der Waals surface area contributed by atoms with E-state index in [9.17, 15) is 4.79 Å². The van der Waals surface area contributed by atoms with Crippen molar-refractivity contribution in [3.05, 3.63) is 29.8 Å². The second-order valence-electron chi connectivity index (χ2n) is 3.04. The van der Waals surface area contributed by atoms with Crippen LogP contribution >= 0.6 is 11.6 Å². The van der Waals surface area contributed by atoms with Crippen LogP contribution in [-0.2, 0) is 4.79 Å². The average molecular weight is 251 g/mol. The van der Waals surface area contributed by atoms with Gasteiger partial charge in [0.1, 0.15) is 6.61 Å². The van der Waals surface area contributed by atoms with Gasteiger partial charge in [-0.15, -0.1) is 6.42 Å². The average Bonchev–Trinajstić information content (AvgIpc) is 2.34. The fraction of sp³-hybridized carbons (Fsp3) is 0.154. The monoisotopic (exact) mass is 250 g/mol. The maximum absolute atomic E-state index is 10.6. The Morgan fingerprint density at radius 3 is 2.88 bits per heavy atom. The van der Waals surface area contributed by atoms with Crippen molar-refractivity contribution in [3.8, 4) is 23.8 Å². The van der Waals surface area contributed by atoms with E-state index in [1.807, 2.05) is 0 Å². The summed E-state index contributed by atoms with van der Waals surface area (Å²) < 4.78 is 10.4. The molecule has 0 spiro atoms. The number of benzene rings is 1. The van der Waals surface area contributed by atoms with Gasteiger partial charge in [-0.1, -0.05) is 18.1 Å². The fourth-order valence-electron chi connectivity index (χ4n) is 1.19. The highest BCUT2D eigenvalue weighted by molar-refractivity contribution is 6.66. The zero-order valence-corrected chi connectivity index (χ0v) is 10.0. The molecule has 0 radical (unpaired) electrons. The highest BCUT2D eigenvalue weighted by atomic mass is 35.5. The summed E-state index contributed by atoms with van der Waals surface area (Å²) in [5, 5.41) is -0.531. The van der Waals surface area contributed by atoms with Crippen molar-refractivity contribution >= 4 is 22.9 Å². The SMILES string of the molecule is C#CCOc1ccc(/C=C/C(=O)Cl)cc1OC. The first kappa shape index (κ1) is 13.1. The molecule has 3 nitrogen and oxygen atoms in total. The minimum atomic E-state index is -0.531. The summed E-state index contributed by atoms with van der Waals surface area (Å²) in [5.41, 5.74) is 0.781. The molecule has 1 aromatic rings. The Morgan fingerprint density at radius 1 is 1.53 bits per heavy atom. The van der Waals surface area contributed by atoms with E-state index in [0.29, 0.717) is 11.5 Å². The van der Waals surface area contributed by atoms with Gasteiger partial charge in [0.05, 0.1) is 7.11 Å². The molecule has 0 saturated heterocycles. The molecule has 0 fully saturated rings. The van der Waals surface area contributed by atoms with Crippen LogP contribution in [0.3, 0.4) is 0 Å². The highest BCUT2D eigenvalue weighted by Crippen LogP contribution is 2.28.